The number of benzene rings is 1. The third-order valence-electron chi connectivity index (χ3n) is 1.05. The van der Waals surface area contributed by atoms with Crippen LogP contribution >= 0.6 is 10.7 Å². The molecule has 1 aromatic carbocycles. The Morgan fingerprint density at radius 2 is 1.86 bits per heavy atom. The summed E-state index contributed by atoms with van der Waals surface area (Å²) in [7, 11) is 1.41. The monoisotopic (exact) mass is 236 g/mol. The number of halogens is 2. The van der Waals surface area contributed by atoms with Crippen LogP contribution in [0.5, 0.6) is 0 Å². The van der Waals surface area contributed by atoms with E-state index in [1.807, 2.05) is 0 Å². The van der Waals surface area contributed by atoms with Crippen molar-refractivity contribution in [1.82, 2.24) is 0 Å². The summed E-state index contributed by atoms with van der Waals surface area (Å²) in [5.74, 6) is -0.336. The highest BCUT2D eigenvalue weighted by molar-refractivity contribution is 8.13. The van der Waals surface area contributed by atoms with Crippen molar-refractivity contribution in [1.29, 1.82) is 0 Å². The van der Waals surface area contributed by atoms with Gasteiger partial charge in [0.05, 0.1) is 5.75 Å². The SMILES string of the molecule is C=CCS(=O)(=O)Cl.Fc1ccccc1. The van der Waals surface area contributed by atoms with E-state index in [2.05, 4.69) is 6.58 Å². The summed E-state index contributed by atoms with van der Waals surface area (Å²) in [6, 6.07) is 7.94. The average Bonchev–Trinajstić information content (AvgIpc) is 2.04. The molecule has 0 aromatic heterocycles. The quantitative estimate of drug-likeness (QED) is 0.584. The predicted octanol–water partition coefficient (Wildman–Crippen LogP) is 2.57. The van der Waals surface area contributed by atoms with Crippen LogP contribution in [0.1, 0.15) is 0 Å². The van der Waals surface area contributed by atoms with E-state index in [1.165, 1.54) is 18.2 Å². The lowest BCUT2D eigenvalue weighted by Crippen LogP contribution is -1.90. The van der Waals surface area contributed by atoms with Gasteiger partial charge in [-0.2, -0.15) is 0 Å². The lowest BCUT2D eigenvalue weighted by molar-refractivity contribution is 0.612. The fraction of sp³-hybridized carbons (Fsp3) is 0.111. The maximum absolute atomic E-state index is 11.9. The van der Waals surface area contributed by atoms with Crippen LogP contribution in [0.3, 0.4) is 0 Å². The lowest BCUT2D eigenvalue weighted by Gasteiger charge is -1.79. The molecule has 2 nitrogen and oxygen atoms in total. The second-order valence-corrected chi connectivity index (χ2v) is 5.11. The van der Waals surface area contributed by atoms with Gasteiger partial charge < -0.3 is 0 Å². The van der Waals surface area contributed by atoms with Crippen LogP contribution in [0.4, 0.5) is 4.39 Å². The molecular formula is C9H10ClFO2S. The normalized spacial score (nSPS) is 9.86. The van der Waals surface area contributed by atoms with Gasteiger partial charge in [-0.05, 0) is 12.1 Å². The summed E-state index contributed by atoms with van der Waals surface area (Å²) in [5, 5.41) is 0. The van der Waals surface area contributed by atoms with Crippen LogP contribution in [0.15, 0.2) is 43.0 Å². The lowest BCUT2D eigenvalue weighted by atomic mass is 10.4. The van der Waals surface area contributed by atoms with Crippen molar-refractivity contribution >= 4 is 19.7 Å². The summed E-state index contributed by atoms with van der Waals surface area (Å²) in [5.41, 5.74) is 0. The van der Waals surface area contributed by atoms with Crippen molar-refractivity contribution in [2.75, 3.05) is 5.75 Å². The Balaban J connectivity index is 0.000000241. The Labute approximate surface area is 87.4 Å². The van der Waals surface area contributed by atoms with Crippen LogP contribution in [-0.4, -0.2) is 14.2 Å². The number of hydrogen-bond acceptors (Lipinski definition) is 2. The van der Waals surface area contributed by atoms with Crippen molar-refractivity contribution in [3.05, 3.63) is 48.8 Å². The van der Waals surface area contributed by atoms with E-state index >= 15 is 0 Å². The van der Waals surface area contributed by atoms with Gasteiger partial charge in [0.15, 0.2) is 0 Å². The molecule has 78 valence electrons. The molecule has 0 bridgehead atoms. The minimum atomic E-state index is -3.32. The molecule has 0 spiro atoms. The maximum atomic E-state index is 11.9. The van der Waals surface area contributed by atoms with E-state index in [0.29, 0.717) is 0 Å². The zero-order chi connectivity index (χ0) is 11.0. The van der Waals surface area contributed by atoms with Gasteiger partial charge in [-0.3, -0.25) is 0 Å². The van der Waals surface area contributed by atoms with Crippen molar-refractivity contribution in [3.8, 4) is 0 Å². The molecule has 0 fully saturated rings. The molecule has 0 aliphatic carbocycles. The first-order chi connectivity index (χ1) is 6.45. The third-order valence-corrected chi connectivity index (χ3v) is 2.06. The largest absolute Gasteiger partial charge is 0.236 e. The van der Waals surface area contributed by atoms with Crippen LogP contribution in [0.25, 0.3) is 0 Å². The molecule has 14 heavy (non-hydrogen) atoms. The smallest absolute Gasteiger partial charge is 0.212 e. The van der Waals surface area contributed by atoms with E-state index in [9.17, 15) is 12.8 Å². The molecular weight excluding hydrogens is 227 g/mol. The summed E-state index contributed by atoms with van der Waals surface area (Å²) in [4.78, 5) is 0. The number of rotatable bonds is 2. The zero-order valence-corrected chi connectivity index (χ0v) is 8.93. The first-order valence-corrected chi connectivity index (χ1v) is 6.17. The van der Waals surface area contributed by atoms with Crippen molar-refractivity contribution in [2.24, 2.45) is 0 Å². The Hall–Kier alpha value is -0.870. The zero-order valence-electron chi connectivity index (χ0n) is 7.36. The molecule has 0 unspecified atom stereocenters. The molecule has 1 aromatic rings. The van der Waals surface area contributed by atoms with E-state index in [0.717, 1.165) is 0 Å². The fourth-order valence-electron chi connectivity index (χ4n) is 0.555. The highest BCUT2D eigenvalue weighted by atomic mass is 35.7. The molecule has 0 aliphatic heterocycles. The molecule has 0 N–H and O–H groups in total. The van der Waals surface area contributed by atoms with E-state index < -0.39 is 9.05 Å². The maximum Gasteiger partial charge on any atom is 0.236 e. The highest BCUT2D eigenvalue weighted by Crippen LogP contribution is 1.93. The minimum Gasteiger partial charge on any atom is -0.212 e. The molecule has 1 rings (SSSR count). The topological polar surface area (TPSA) is 34.1 Å². The Morgan fingerprint density at radius 1 is 1.36 bits per heavy atom. The van der Waals surface area contributed by atoms with Crippen molar-refractivity contribution in [2.45, 2.75) is 0 Å². The molecule has 0 aliphatic rings. The van der Waals surface area contributed by atoms with Gasteiger partial charge in [-0.15, -0.1) is 6.58 Å². The molecule has 0 saturated heterocycles. The third kappa shape index (κ3) is 9.22. The summed E-state index contributed by atoms with van der Waals surface area (Å²) in [6.45, 7) is 3.18. The first-order valence-electron chi connectivity index (χ1n) is 3.69. The van der Waals surface area contributed by atoms with Crippen LogP contribution in [-0.2, 0) is 9.05 Å². The van der Waals surface area contributed by atoms with Gasteiger partial charge in [0.1, 0.15) is 5.82 Å². The summed E-state index contributed by atoms with van der Waals surface area (Å²) < 4.78 is 31.8. The Kier molecular flexibility index (Phi) is 6.16. The predicted molar refractivity (Wildman–Crippen MR) is 56.2 cm³/mol. The van der Waals surface area contributed by atoms with Gasteiger partial charge in [-0.1, -0.05) is 24.3 Å². The molecule has 0 atom stereocenters. The molecule has 0 saturated carbocycles. The average molecular weight is 237 g/mol. The summed E-state index contributed by atoms with van der Waals surface area (Å²) >= 11 is 0. The minimum absolute atomic E-state index is 0.158. The fourth-order valence-corrected chi connectivity index (χ4v) is 1.10. The Bertz CT molecular complexity index is 362. The highest BCUT2D eigenvalue weighted by Gasteiger charge is 1.97. The van der Waals surface area contributed by atoms with E-state index in [4.69, 9.17) is 10.7 Å². The molecule has 5 heteroatoms. The van der Waals surface area contributed by atoms with Gasteiger partial charge in [0.2, 0.25) is 9.05 Å². The second kappa shape index (κ2) is 6.56. The van der Waals surface area contributed by atoms with Crippen molar-refractivity contribution in [3.63, 3.8) is 0 Å². The van der Waals surface area contributed by atoms with Gasteiger partial charge in [-0.25, -0.2) is 12.8 Å². The van der Waals surface area contributed by atoms with Gasteiger partial charge >= 0.3 is 0 Å². The van der Waals surface area contributed by atoms with Crippen LogP contribution in [0, 0.1) is 5.82 Å². The Morgan fingerprint density at radius 3 is 2.00 bits per heavy atom. The van der Waals surface area contributed by atoms with E-state index in [-0.39, 0.29) is 11.6 Å². The molecule has 0 amide bonds. The van der Waals surface area contributed by atoms with Gasteiger partial charge in [0.25, 0.3) is 0 Å². The van der Waals surface area contributed by atoms with Crippen molar-refractivity contribution < 1.29 is 12.8 Å². The van der Waals surface area contributed by atoms with Crippen LogP contribution < -0.4 is 0 Å². The molecule has 0 heterocycles. The standard InChI is InChI=1S/C6H5F.C3H5ClO2S/c7-6-4-2-1-3-5-6;1-2-3-7(4,5)6/h1-5H;2H,1,3H2. The second-order valence-electron chi connectivity index (χ2n) is 2.29. The number of hydrogen-bond donors (Lipinski definition) is 0. The van der Waals surface area contributed by atoms with Gasteiger partial charge in [0, 0.05) is 10.7 Å². The van der Waals surface area contributed by atoms with Crippen LogP contribution in [0.2, 0.25) is 0 Å². The molecule has 0 radical (unpaired) electrons. The first kappa shape index (κ1) is 13.1. The summed E-state index contributed by atoms with van der Waals surface area (Å²) in [6.07, 6.45) is 1.24. The van der Waals surface area contributed by atoms with E-state index in [1.54, 1.807) is 18.2 Å².